The monoisotopic (exact) mass is 216 g/mol. The average molecular weight is 216 g/mol. The summed E-state index contributed by atoms with van der Waals surface area (Å²) in [7, 11) is 0. The molecule has 0 aromatic heterocycles. The van der Waals surface area contributed by atoms with E-state index in [-0.39, 0.29) is 0 Å². The molecule has 1 saturated heterocycles. The standard InChI is InChI=1S/C11H24N2S/c1-4-11(2,3)12-5-6-13-7-9-14-10-8-13/h12H,4-10H2,1-3H3. The van der Waals surface area contributed by atoms with Crippen LogP contribution in [0, 0.1) is 0 Å². The highest BCUT2D eigenvalue weighted by atomic mass is 32.2. The van der Waals surface area contributed by atoms with Crippen LogP contribution in [-0.4, -0.2) is 48.1 Å². The number of hydrogen-bond donors (Lipinski definition) is 1. The van der Waals surface area contributed by atoms with Crippen molar-refractivity contribution >= 4 is 11.8 Å². The maximum atomic E-state index is 3.61. The molecule has 0 amide bonds. The molecule has 84 valence electrons. The quantitative estimate of drug-likeness (QED) is 0.754. The van der Waals surface area contributed by atoms with E-state index in [1.54, 1.807) is 0 Å². The lowest BCUT2D eigenvalue weighted by atomic mass is 10.0. The van der Waals surface area contributed by atoms with Crippen molar-refractivity contribution in [1.29, 1.82) is 0 Å². The molecule has 0 atom stereocenters. The van der Waals surface area contributed by atoms with Gasteiger partial charge in [-0.3, -0.25) is 0 Å². The predicted molar refractivity (Wildman–Crippen MR) is 66.1 cm³/mol. The molecular weight excluding hydrogens is 192 g/mol. The van der Waals surface area contributed by atoms with Crippen molar-refractivity contribution in [2.24, 2.45) is 0 Å². The molecular formula is C11H24N2S. The molecule has 1 N–H and O–H groups in total. The summed E-state index contributed by atoms with van der Waals surface area (Å²) in [5.41, 5.74) is 0.310. The van der Waals surface area contributed by atoms with Crippen molar-refractivity contribution in [2.45, 2.75) is 32.7 Å². The highest BCUT2D eigenvalue weighted by molar-refractivity contribution is 7.99. The predicted octanol–water partition coefficient (Wildman–Crippen LogP) is 1.81. The van der Waals surface area contributed by atoms with Crippen LogP contribution in [0.5, 0.6) is 0 Å². The summed E-state index contributed by atoms with van der Waals surface area (Å²) < 4.78 is 0. The fourth-order valence-corrected chi connectivity index (χ4v) is 2.48. The van der Waals surface area contributed by atoms with E-state index >= 15 is 0 Å². The van der Waals surface area contributed by atoms with Gasteiger partial charge in [0.05, 0.1) is 0 Å². The molecule has 1 aliphatic rings. The molecule has 0 aromatic rings. The van der Waals surface area contributed by atoms with E-state index in [2.05, 4.69) is 42.7 Å². The van der Waals surface area contributed by atoms with Crippen LogP contribution >= 0.6 is 11.8 Å². The van der Waals surface area contributed by atoms with E-state index in [1.165, 1.54) is 37.6 Å². The van der Waals surface area contributed by atoms with Crippen molar-refractivity contribution in [2.75, 3.05) is 37.7 Å². The van der Waals surface area contributed by atoms with Gasteiger partial charge in [-0.1, -0.05) is 6.92 Å². The SMILES string of the molecule is CCC(C)(C)NCCN1CCSCC1. The minimum absolute atomic E-state index is 0.310. The molecule has 14 heavy (non-hydrogen) atoms. The Morgan fingerprint density at radius 1 is 1.29 bits per heavy atom. The van der Waals surface area contributed by atoms with Gasteiger partial charge >= 0.3 is 0 Å². The zero-order valence-electron chi connectivity index (χ0n) is 9.81. The van der Waals surface area contributed by atoms with Crippen LogP contribution in [0.25, 0.3) is 0 Å². The second-order valence-corrected chi connectivity index (χ2v) is 5.84. The zero-order valence-corrected chi connectivity index (χ0v) is 10.6. The van der Waals surface area contributed by atoms with Gasteiger partial charge < -0.3 is 10.2 Å². The summed E-state index contributed by atoms with van der Waals surface area (Å²) in [6, 6.07) is 0. The third-order valence-corrected chi connectivity index (χ3v) is 3.96. The normalized spacial score (nSPS) is 19.9. The molecule has 0 saturated carbocycles. The minimum atomic E-state index is 0.310. The molecule has 1 aliphatic heterocycles. The Kier molecular flexibility index (Phi) is 5.28. The number of nitrogens with one attached hydrogen (secondary N) is 1. The first-order valence-electron chi connectivity index (χ1n) is 5.69. The third kappa shape index (κ3) is 4.67. The van der Waals surface area contributed by atoms with E-state index < -0.39 is 0 Å². The third-order valence-electron chi connectivity index (χ3n) is 3.02. The molecule has 0 aromatic carbocycles. The van der Waals surface area contributed by atoms with Gasteiger partial charge in [0.1, 0.15) is 0 Å². The molecule has 3 heteroatoms. The van der Waals surface area contributed by atoms with Gasteiger partial charge in [-0.2, -0.15) is 11.8 Å². The Bertz CT molecular complexity index is 153. The van der Waals surface area contributed by atoms with Gasteiger partial charge in [-0.05, 0) is 20.3 Å². The van der Waals surface area contributed by atoms with Gasteiger partial charge in [-0.15, -0.1) is 0 Å². The second-order valence-electron chi connectivity index (χ2n) is 4.62. The van der Waals surface area contributed by atoms with E-state index in [1.807, 2.05) is 0 Å². The van der Waals surface area contributed by atoms with Crippen LogP contribution in [-0.2, 0) is 0 Å². The van der Waals surface area contributed by atoms with Crippen molar-refractivity contribution in [3.8, 4) is 0 Å². The fourth-order valence-electron chi connectivity index (χ4n) is 1.50. The van der Waals surface area contributed by atoms with Crippen LogP contribution in [0.4, 0.5) is 0 Å². The lowest BCUT2D eigenvalue weighted by Crippen LogP contribution is -2.44. The Morgan fingerprint density at radius 3 is 2.50 bits per heavy atom. The molecule has 0 unspecified atom stereocenters. The first-order valence-corrected chi connectivity index (χ1v) is 6.84. The molecule has 1 rings (SSSR count). The topological polar surface area (TPSA) is 15.3 Å². The molecule has 1 fully saturated rings. The van der Waals surface area contributed by atoms with Gasteiger partial charge in [0.2, 0.25) is 0 Å². The van der Waals surface area contributed by atoms with E-state index in [0.717, 1.165) is 6.54 Å². The summed E-state index contributed by atoms with van der Waals surface area (Å²) in [6.07, 6.45) is 1.20. The van der Waals surface area contributed by atoms with Crippen LogP contribution < -0.4 is 5.32 Å². The first-order chi connectivity index (χ1) is 6.64. The van der Waals surface area contributed by atoms with Gasteiger partial charge in [0.25, 0.3) is 0 Å². The number of thioether (sulfide) groups is 1. The summed E-state index contributed by atoms with van der Waals surface area (Å²) in [6.45, 7) is 11.7. The number of rotatable bonds is 5. The molecule has 0 spiro atoms. The zero-order chi connectivity index (χ0) is 10.4. The smallest absolute Gasteiger partial charge is 0.0123 e. The van der Waals surface area contributed by atoms with E-state index in [0.29, 0.717) is 5.54 Å². The average Bonchev–Trinajstić information content (AvgIpc) is 2.19. The van der Waals surface area contributed by atoms with Crippen LogP contribution in [0.2, 0.25) is 0 Å². The maximum Gasteiger partial charge on any atom is 0.0123 e. The second kappa shape index (κ2) is 5.99. The molecule has 2 nitrogen and oxygen atoms in total. The van der Waals surface area contributed by atoms with E-state index in [9.17, 15) is 0 Å². The summed E-state index contributed by atoms with van der Waals surface area (Å²) in [5, 5.41) is 3.61. The summed E-state index contributed by atoms with van der Waals surface area (Å²) in [5.74, 6) is 2.63. The lowest BCUT2D eigenvalue weighted by Gasteiger charge is -2.29. The van der Waals surface area contributed by atoms with Crippen LogP contribution in [0.15, 0.2) is 0 Å². The minimum Gasteiger partial charge on any atom is -0.311 e. The number of hydrogen-bond acceptors (Lipinski definition) is 3. The lowest BCUT2D eigenvalue weighted by molar-refractivity contribution is 0.277. The highest BCUT2D eigenvalue weighted by Gasteiger charge is 2.14. The van der Waals surface area contributed by atoms with E-state index in [4.69, 9.17) is 0 Å². The van der Waals surface area contributed by atoms with Crippen molar-refractivity contribution < 1.29 is 0 Å². The van der Waals surface area contributed by atoms with Gasteiger partial charge in [0.15, 0.2) is 0 Å². The highest BCUT2D eigenvalue weighted by Crippen LogP contribution is 2.09. The van der Waals surface area contributed by atoms with Gasteiger partial charge in [0, 0.05) is 43.2 Å². The number of nitrogens with zero attached hydrogens (tertiary/aromatic N) is 1. The van der Waals surface area contributed by atoms with Crippen LogP contribution in [0.1, 0.15) is 27.2 Å². The van der Waals surface area contributed by atoms with Crippen molar-refractivity contribution in [3.63, 3.8) is 0 Å². The van der Waals surface area contributed by atoms with Crippen molar-refractivity contribution in [1.82, 2.24) is 10.2 Å². The Morgan fingerprint density at radius 2 is 1.93 bits per heavy atom. The van der Waals surface area contributed by atoms with Crippen LogP contribution in [0.3, 0.4) is 0 Å². The Hall–Kier alpha value is 0.270. The Labute approximate surface area is 92.8 Å². The first kappa shape index (κ1) is 12.3. The summed E-state index contributed by atoms with van der Waals surface area (Å²) in [4.78, 5) is 2.56. The molecule has 0 bridgehead atoms. The largest absolute Gasteiger partial charge is 0.311 e. The summed E-state index contributed by atoms with van der Waals surface area (Å²) >= 11 is 2.08. The van der Waals surface area contributed by atoms with Crippen molar-refractivity contribution in [3.05, 3.63) is 0 Å². The molecule has 0 radical (unpaired) electrons. The van der Waals surface area contributed by atoms with Gasteiger partial charge in [-0.25, -0.2) is 0 Å². The maximum absolute atomic E-state index is 3.61. The fraction of sp³-hybridized carbons (Fsp3) is 1.00. The molecule has 0 aliphatic carbocycles. The Balaban J connectivity index is 2.08. The molecule has 1 heterocycles.